The number of primary amides is 1. The van der Waals surface area contributed by atoms with Crippen LogP contribution in [0.3, 0.4) is 0 Å². The van der Waals surface area contributed by atoms with E-state index < -0.39 is 80.3 Å². The van der Waals surface area contributed by atoms with Gasteiger partial charge < -0.3 is 40.7 Å². The van der Waals surface area contributed by atoms with Gasteiger partial charge in [0.1, 0.15) is 29.4 Å². The lowest BCUT2D eigenvalue weighted by Crippen LogP contribution is -2.63. The number of ether oxygens (including phenoxy) is 1. The molecule has 0 aromatic heterocycles. The largest absolute Gasteiger partial charge is 0.510 e. The second-order valence-corrected chi connectivity index (χ2v) is 14.5. The van der Waals surface area contributed by atoms with Crippen molar-refractivity contribution in [3.05, 3.63) is 58.1 Å². The summed E-state index contributed by atoms with van der Waals surface area (Å²) in [5.41, 5.74) is 2.30. The zero-order valence-electron chi connectivity index (χ0n) is 25.5. The summed E-state index contributed by atoms with van der Waals surface area (Å²) in [4.78, 5) is 57.2. The molecule has 0 spiro atoms. The maximum absolute atomic E-state index is 14.2. The maximum atomic E-state index is 14.2. The molecular formula is C30H35Cl3N4O9. The highest BCUT2D eigenvalue weighted by molar-refractivity contribution is 6.67. The Hall–Kier alpha value is -3.49. The quantitative estimate of drug-likeness (QED) is 0.152. The van der Waals surface area contributed by atoms with Crippen LogP contribution < -0.4 is 10.6 Å². The lowest BCUT2D eigenvalue weighted by molar-refractivity contribution is -0.148. The van der Waals surface area contributed by atoms with E-state index in [1.807, 2.05) is 0 Å². The number of aliphatic hydroxyl groups excluding tert-OH is 2. The molecule has 3 aliphatic carbocycles. The average molecular weight is 702 g/mol. The number of halogens is 3. The highest BCUT2D eigenvalue weighted by Crippen LogP contribution is 2.53. The van der Waals surface area contributed by atoms with E-state index in [2.05, 4.69) is 6.58 Å². The van der Waals surface area contributed by atoms with Gasteiger partial charge in [-0.15, -0.1) is 6.58 Å². The summed E-state index contributed by atoms with van der Waals surface area (Å²) in [6, 6.07) is 0.500. The first-order valence-electron chi connectivity index (χ1n) is 14.1. The van der Waals surface area contributed by atoms with Gasteiger partial charge in [-0.05, 0) is 44.5 Å². The molecule has 0 radical (unpaired) electrons. The van der Waals surface area contributed by atoms with Crippen LogP contribution in [0, 0.1) is 11.8 Å². The van der Waals surface area contributed by atoms with Crippen LogP contribution in [-0.4, -0.2) is 111 Å². The third kappa shape index (κ3) is 5.90. The molecule has 250 valence electrons. The van der Waals surface area contributed by atoms with Gasteiger partial charge in [-0.2, -0.15) is 0 Å². The lowest BCUT2D eigenvalue weighted by atomic mass is 9.58. The smallest absolute Gasteiger partial charge is 0.410 e. The molecular weight excluding hydrogens is 667 g/mol. The van der Waals surface area contributed by atoms with E-state index in [1.54, 1.807) is 39.2 Å². The number of benzene rings is 1. The molecule has 1 aromatic rings. The summed E-state index contributed by atoms with van der Waals surface area (Å²) in [5.74, 6) is -7.53. The summed E-state index contributed by atoms with van der Waals surface area (Å²) < 4.78 is 3.21. The number of aliphatic hydroxyl groups is 3. The van der Waals surface area contributed by atoms with E-state index in [1.165, 1.54) is 11.0 Å². The minimum atomic E-state index is -2.77. The second-order valence-electron chi connectivity index (χ2n) is 12.0. The number of nitrogens with two attached hydrogens (primary N) is 1. The van der Waals surface area contributed by atoms with Crippen molar-refractivity contribution >= 4 is 64.1 Å². The Morgan fingerprint density at radius 3 is 2.33 bits per heavy atom. The van der Waals surface area contributed by atoms with Gasteiger partial charge in [-0.3, -0.25) is 19.3 Å². The molecule has 13 nitrogen and oxygen atoms in total. The Bertz CT molecular complexity index is 1580. The predicted molar refractivity (Wildman–Crippen MR) is 170 cm³/mol. The minimum Gasteiger partial charge on any atom is -0.510 e. The van der Waals surface area contributed by atoms with Gasteiger partial charge in [0.25, 0.3) is 5.91 Å². The van der Waals surface area contributed by atoms with Crippen molar-refractivity contribution in [3.8, 4) is 5.75 Å². The van der Waals surface area contributed by atoms with Crippen molar-refractivity contribution in [2.75, 3.05) is 46.2 Å². The zero-order chi connectivity index (χ0) is 34.6. The lowest BCUT2D eigenvalue weighted by Gasteiger charge is -2.50. The van der Waals surface area contributed by atoms with Gasteiger partial charge in [0.2, 0.25) is 9.58 Å². The van der Waals surface area contributed by atoms with Crippen LogP contribution in [0.25, 0.3) is 0 Å². The predicted octanol–water partition coefficient (Wildman–Crippen LogP) is 2.68. The first-order valence-corrected chi connectivity index (χ1v) is 15.2. The third-order valence-corrected chi connectivity index (χ3v) is 8.92. The highest BCUT2D eigenvalue weighted by atomic mass is 35.6. The van der Waals surface area contributed by atoms with Crippen molar-refractivity contribution in [3.63, 3.8) is 0 Å². The van der Waals surface area contributed by atoms with Crippen LogP contribution in [0.15, 0.2) is 41.4 Å². The molecule has 16 heteroatoms. The Kier molecular flexibility index (Phi) is 9.69. The Labute approximate surface area is 280 Å². The van der Waals surface area contributed by atoms with Crippen molar-refractivity contribution in [2.45, 2.75) is 34.8 Å². The van der Waals surface area contributed by atoms with Crippen LogP contribution in [0.5, 0.6) is 5.75 Å². The standard InChI is InChI=1S/C30H35Cl3N4O9/c1-6-7-37(28(44)46-12-29(31,32)33)11-14-10-17(35(2)3)15-8-13-9-16-21(36(4)5)24(40)20(27(34)43)26(42)30(16,45)25(41)18(13)23(39)19(15)22(14)38/h6,10,13,16,21,38,40-41,45H,1,7-9,11-12H2,2-5H3,(H2,34,43)/t13-,16-,21-,30-/m0/s1. The van der Waals surface area contributed by atoms with Crippen molar-refractivity contribution in [1.29, 1.82) is 0 Å². The van der Waals surface area contributed by atoms with Crippen LogP contribution in [0.2, 0.25) is 0 Å². The molecule has 0 aliphatic heterocycles. The number of phenolic OH excluding ortho intramolecular Hbond substituents is 1. The van der Waals surface area contributed by atoms with Gasteiger partial charge in [0.15, 0.2) is 11.4 Å². The number of hydrogen-bond donors (Lipinski definition) is 5. The molecule has 1 aromatic carbocycles. The number of phenols is 1. The van der Waals surface area contributed by atoms with Gasteiger partial charge in [-0.25, -0.2) is 4.79 Å². The molecule has 0 bridgehead atoms. The van der Waals surface area contributed by atoms with Gasteiger partial charge in [0, 0.05) is 43.4 Å². The molecule has 0 heterocycles. The fourth-order valence-electron chi connectivity index (χ4n) is 6.67. The maximum Gasteiger partial charge on any atom is 0.410 e. The molecule has 0 saturated carbocycles. The molecule has 4 rings (SSSR count). The molecule has 46 heavy (non-hydrogen) atoms. The van der Waals surface area contributed by atoms with E-state index in [9.17, 15) is 39.6 Å². The Morgan fingerprint density at radius 2 is 1.80 bits per heavy atom. The Morgan fingerprint density at radius 1 is 1.17 bits per heavy atom. The number of allylic oxidation sites excluding steroid dienone is 1. The SMILES string of the molecule is C=CCN(Cc1cc(N(C)C)c2c(c1O)C(=O)C1=C(O)[C@]3(O)C(=O)C(C(N)=O)=C(O)[C@@H](N(C)C)[C@@H]3C[C@@H]1C2)C(=O)OCC(Cl)(Cl)Cl. The summed E-state index contributed by atoms with van der Waals surface area (Å²) in [6.45, 7) is 2.76. The number of rotatable bonds is 8. The van der Waals surface area contributed by atoms with Crippen LogP contribution in [-0.2, 0) is 27.3 Å². The molecule has 6 N–H and O–H groups in total. The Balaban J connectivity index is 1.87. The number of fused-ring (bicyclic) bond motifs is 3. The molecule has 4 atom stereocenters. The number of aromatic hydroxyl groups is 1. The first kappa shape index (κ1) is 35.4. The molecule has 0 saturated heterocycles. The van der Waals surface area contributed by atoms with E-state index >= 15 is 0 Å². The zero-order valence-corrected chi connectivity index (χ0v) is 27.8. The number of nitrogens with zero attached hydrogens (tertiary/aromatic N) is 3. The number of ketones is 2. The van der Waals surface area contributed by atoms with E-state index in [-0.39, 0.29) is 42.6 Å². The summed E-state index contributed by atoms with van der Waals surface area (Å²) in [6.07, 6.45) is 0.557. The summed E-state index contributed by atoms with van der Waals surface area (Å²) in [7, 11) is 6.55. The molecule has 3 aliphatic rings. The highest BCUT2D eigenvalue weighted by Gasteiger charge is 2.63. The van der Waals surface area contributed by atoms with Crippen molar-refractivity contribution < 1.29 is 44.3 Å². The monoisotopic (exact) mass is 700 g/mol. The number of amides is 2. The van der Waals surface area contributed by atoms with Crippen molar-refractivity contribution in [2.24, 2.45) is 17.6 Å². The van der Waals surface area contributed by atoms with Crippen molar-refractivity contribution in [1.82, 2.24) is 9.80 Å². The van der Waals surface area contributed by atoms with E-state index in [4.69, 9.17) is 45.3 Å². The fraction of sp³-hybridized carbons (Fsp3) is 0.467. The molecule has 2 amide bonds. The first-order chi connectivity index (χ1) is 21.3. The number of alkyl halides is 3. The third-order valence-electron chi connectivity index (χ3n) is 8.59. The van der Waals surface area contributed by atoms with E-state index in [0.717, 1.165) is 4.90 Å². The van der Waals surface area contributed by atoms with Crippen LogP contribution >= 0.6 is 34.8 Å². The summed E-state index contributed by atoms with van der Waals surface area (Å²) in [5, 5.41) is 45.9. The number of hydrogen-bond acceptors (Lipinski definition) is 11. The minimum absolute atomic E-state index is 0.0411. The second kappa shape index (κ2) is 12.6. The van der Waals surface area contributed by atoms with Crippen LogP contribution in [0.1, 0.15) is 27.9 Å². The van der Waals surface area contributed by atoms with Gasteiger partial charge >= 0.3 is 6.09 Å². The molecule has 0 unspecified atom stereocenters. The average Bonchev–Trinajstić information content (AvgIpc) is 2.93. The number of anilines is 1. The van der Waals surface area contributed by atoms with Crippen LogP contribution in [0.4, 0.5) is 10.5 Å². The van der Waals surface area contributed by atoms with Gasteiger partial charge in [-0.1, -0.05) is 40.9 Å². The number of carbonyl (C=O) groups excluding carboxylic acids is 4. The number of carbonyl (C=O) groups is 4. The van der Waals surface area contributed by atoms with E-state index in [0.29, 0.717) is 11.3 Å². The molecule has 0 fully saturated rings. The summed E-state index contributed by atoms with van der Waals surface area (Å²) >= 11 is 17.1. The fourth-order valence-corrected chi connectivity index (χ4v) is 6.84. The number of likely N-dealkylation sites (N-methyl/N-ethyl adjacent to an activating group) is 1. The van der Waals surface area contributed by atoms with Gasteiger partial charge in [0.05, 0.1) is 18.2 Å². The number of Topliss-reactive ketones (excluding diaryl/α,β-unsaturated/α-hetero) is 2. The topological polar surface area (TPSA) is 194 Å². The normalized spacial score (nSPS) is 24.3.